The summed E-state index contributed by atoms with van der Waals surface area (Å²) in [7, 11) is 0. The Balaban J connectivity index is 0.000000370. The van der Waals surface area contributed by atoms with Crippen molar-refractivity contribution in [3.63, 3.8) is 0 Å². The number of rotatable bonds is 6. The van der Waals surface area contributed by atoms with Crippen LogP contribution in [0.15, 0.2) is 176 Å². The van der Waals surface area contributed by atoms with Gasteiger partial charge in [-0.3, -0.25) is 39.5 Å². The van der Waals surface area contributed by atoms with Crippen LogP contribution in [-0.4, -0.2) is 24.9 Å². The minimum atomic E-state index is -0.710. The van der Waals surface area contributed by atoms with Gasteiger partial charge < -0.3 is 24.9 Å². The molecule has 0 aliphatic rings. The van der Waals surface area contributed by atoms with Crippen LogP contribution in [0.2, 0.25) is 0 Å². The molecule has 0 unspecified atom stereocenters. The number of aromatic nitrogens is 5. The van der Waals surface area contributed by atoms with Gasteiger partial charge in [0.25, 0.3) is 0 Å². The Hall–Kier alpha value is -6.89. The molecular formula is C66H41F10Ir5N6-5. The quantitative estimate of drug-likeness (QED) is 0.123. The summed E-state index contributed by atoms with van der Waals surface area (Å²) in [6, 6.07) is 50.2. The molecule has 87 heavy (non-hydrogen) atoms. The monoisotopic (exact) mass is 2070 g/mol. The van der Waals surface area contributed by atoms with Gasteiger partial charge in [-0.1, -0.05) is 130 Å². The van der Waals surface area contributed by atoms with Crippen LogP contribution in [0.1, 0.15) is 22.5 Å². The van der Waals surface area contributed by atoms with E-state index in [1.807, 2.05) is 32.9 Å². The van der Waals surface area contributed by atoms with E-state index < -0.39 is 58.2 Å². The van der Waals surface area contributed by atoms with Gasteiger partial charge in [0, 0.05) is 189 Å². The standard InChI is InChI=1S/C19H11F2N2.3C12H8F2N.C11H6F2N.5Ir/c1-12-9-10-23-17(11-12)15-7-8-16(20)18(19(15)21)13-3-5-14(22-2)6-4-13;1-8-4-5-15-12(6-8)10-3-2-9(13)7-11(10)14;1-8-3-2-4-12(15-8)10-7-9(13)5-6-11(10)14;1-8-3-2-4-12(15-8)10-6-5-9(13)7-11(10)14;12-8-4-5-9(10(13)7-8)11-3-1-2-6-14-11;;;;;/h3-6,8-11H,1H3;2,4-7H,1H3;2-6H,1H3;2-5,7H,1H3;1-4,6-7H;;;;;/q5*-1;;;;;. The molecule has 0 atom stereocenters. The summed E-state index contributed by atoms with van der Waals surface area (Å²) < 4.78 is 133. The maximum atomic E-state index is 14.8. The molecule has 0 spiro atoms. The Labute approximate surface area is 564 Å². The average Bonchev–Trinajstić information content (AvgIpc) is 1.77. The van der Waals surface area contributed by atoms with Crippen LogP contribution in [0.3, 0.4) is 0 Å². The van der Waals surface area contributed by atoms with Crippen LogP contribution in [0.25, 0.3) is 72.3 Å². The molecular weight excluding hydrogens is 2030 g/mol. The zero-order valence-electron chi connectivity index (χ0n) is 45.4. The summed E-state index contributed by atoms with van der Waals surface area (Å²) in [5, 5.41) is 0. The van der Waals surface area contributed by atoms with E-state index >= 15 is 0 Å². The van der Waals surface area contributed by atoms with E-state index in [1.165, 1.54) is 24.3 Å². The fraction of sp³-hybridized carbons (Fsp3) is 0.0606. The maximum Gasteiger partial charge on any atom is 0.187 e. The van der Waals surface area contributed by atoms with Gasteiger partial charge in [0.05, 0.1) is 6.57 Å². The Bertz CT molecular complexity index is 3960. The van der Waals surface area contributed by atoms with Gasteiger partial charge >= 0.3 is 0 Å². The largest absolute Gasteiger partial charge is 0.305 e. The molecule has 11 rings (SSSR count). The van der Waals surface area contributed by atoms with E-state index in [4.69, 9.17) is 6.57 Å². The van der Waals surface area contributed by atoms with Crippen molar-refractivity contribution < 1.29 is 144 Å². The zero-order chi connectivity index (χ0) is 58.9. The molecule has 6 aromatic carbocycles. The van der Waals surface area contributed by atoms with Crippen molar-refractivity contribution in [1.82, 2.24) is 24.9 Å². The van der Waals surface area contributed by atoms with Gasteiger partial charge in [-0.05, 0) is 97.6 Å². The second kappa shape index (κ2) is 37.1. The van der Waals surface area contributed by atoms with E-state index in [-0.39, 0.29) is 134 Å². The normalized spacial score (nSPS) is 9.71. The molecule has 5 heterocycles. The summed E-state index contributed by atoms with van der Waals surface area (Å²) in [5.41, 5.74) is 7.02. The molecule has 0 bridgehead atoms. The van der Waals surface area contributed by atoms with Crippen molar-refractivity contribution >= 4 is 5.69 Å². The number of benzene rings is 6. The molecule has 0 saturated heterocycles. The first-order valence-electron chi connectivity index (χ1n) is 24.4. The molecule has 0 N–H and O–H groups in total. The first kappa shape index (κ1) is 76.2. The number of hydrogen-bond donors (Lipinski definition) is 0. The summed E-state index contributed by atoms with van der Waals surface area (Å²) in [6.45, 7) is 14.3. The van der Waals surface area contributed by atoms with Gasteiger partial charge in [-0.25, -0.2) is 9.24 Å². The summed E-state index contributed by atoms with van der Waals surface area (Å²) in [5.74, 6) is -6.36. The average molecular weight is 2070 g/mol. The Kier molecular flexibility index (Phi) is 32.5. The first-order valence-corrected chi connectivity index (χ1v) is 24.4. The predicted octanol–water partition coefficient (Wildman–Crippen LogP) is 17.6. The van der Waals surface area contributed by atoms with Gasteiger partial charge in [0.2, 0.25) is 0 Å². The van der Waals surface area contributed by atoms with Crippen molar-refractivity contribution in [3.05, 3.63) is 299 Å². The number of nitrogens with zero attached hydrogens (tertiary/aromatic N) is 6. The van der Waals surface area contributed by atoms with Gasteiger partial charge in [0.15, 0.2) is 5.69 Å². The summed E-state index contributed by atoms with van der Waals surface area (Å²) in [6.07, 6.45) is 4.71. The smallest absolute Gasteiger partial charge is 0.187 e. The molecule has 0 amide bonds. The topological polar surface area (TPSA) is 68.8 Å². The van der Waals surface area contributed by atoms with E-state index in [0.717, 1.165) is 77.1 Å². The van der Waals surface area contributed by atoms with Gasteiger partial charge in [0.1, 0.15) is 0 Å². The molecule has 0 saturated carbocycles. The second-order valence-corrected chi connectivity index (χ2v) is 17.5. The predicted molar refractivity (Wildman–Crippen MR) is 293 cm³/mol. The molecule has 0 fully saturated rings. The number of aryl methyl sites for hydroxylation is 4. The molecule has 455 valence electrons. The SMILES string of the molecule is Cc1cccc(-c2[c-]c(F)ccc2F)n1.Cc1cccc(-c2[c-]cc(F)cc2F)n1.Cc1ccnc(-c2[c-]cc(F)cc2F)c1.Fc1c[c-]c(-c2ccccn2)c(F)c1.[C-]#[N+]c1ccc(-c2c(F)c[c-]c(-c3cc(C)ccn3)c2F)cc1.[Ir].[Ir].[Ir].[Ir].[Ir]. The van der Waals surface area contributed by atoms with Crippen LogP contribution in [0, 0.1) is 123 Å². The molecule has 5 aromatic heterocycles. The number of pyridine rings is 5. The zero-order valence-corrected chi connectivity index (χ0v) is 57.3. The van der Waals surface area contributed by atoms with Crippen LogP contribution in [-0.2, 0) is 101 Å². The second-order valence-electron chi connectivity index (χ2n) is 17.5. The molecule has 0 aliphatic carbocycles. The molecule has 6 nitrogen and oxygen atoms in total. The Morgan fingerprint density at radius 3 is 1.26 bits per heavy atom. The van der Waals surface area contributed by atoms with Crippen molar-refractivity contribution in [3.8, 4) is 67.4 Å². The number of halogens is 10. The summed E-state index contributed by atoms with van der Waals surface area (Å²) >= 11 is 0. The molecule has 5 radical (unpaired) electrons. The van der Waals surface area contributed by atoms with Gasteiger partial charge in [-0.15, -0.1) is 66.7 Å². The van der Waals surface area contributed by atoms with Crippen LogP contribution >= 0.6 is 0 Å². The third-order valence-electron chi connectivity index (χ3n) is 11.3. The van der Waals surface area contributed by atoms with Crippen molar-refractivity contribution in [2.75, 3.05) is 0 Å². The molecule has 11 aromatic rings. The minimum absolute atomic E-state index is 0. The van der Waals surface area contributed by atoms with E-state index in [1.54, 1.807) is 92.2 Å². The third-order valence-corrected chi connectivity index (χ3v) is 11.3. The minimum Gasteiger partial charge on any atom is -0.305 e. The van der Waals surface area contributed by atoms with E-state index in [9.17, 15) is 43.9 Å². The molecule has 0 aliphatic heterocycles. The van der Waals surface area contributed by atoms with Crippen LogP contribution in [0.5, 0.6) is 0 Å². The molecule has 21 heteroatoms. The number of hydrogen-bond acceptors (Lipinski definition) is 5. The summed E-state index contributed by atoms with van der Waals surface area (Å²) in [4.78, 5) is 23.6. The maximum absolute atomic E-state index is 14.8. The van der Waals surface area contributed by atoms with Crippen molar-refractivity contribution in [1.29, 1.82) is 0 Å². The first-order chi connectivity index (χ1) is 39.4. The van der Waals surface area contributed by atoms with Crippen molar-refractivity contribution in [2.24, 2.45) is 0 Å². The third kappa shape index (κ3) is 22.0. The fourth-order valence-corrected chi connectivity index (χ4v) is 7.44. The van der Waals surface area contributed by atoms with E-state index in [0.29, 0.717) is 39.7 Å². The van der Waals surface area contributed by atoms with E-state index in [2.05, 4.69) is 60.1 Å². The van der Waals surface area contributed by atoms with Crippen molar-refractivity contribution in [2.45, 2.75) is 27.7 Å². The van der Waals surface area contributed by atoms with Crippen LogP contribution < -0.4 is 0 Å². The Morgan fingerprint density at radius 2 is 0.816 bits per heavy atom. The Morgan fingerprint density at radius 1 is 0.379 bits per heavy atom. The van der Waals surface area contributed by atoms with Crippen LogP contribution in [0.4, 0.5) is 49.6 Å². The fourth-order valence-electron chi connectivity index (χ4n) is 7.44. The van der Waals surface area contributed by atoms with Gasteiger partial charge in [-0.2, -0.15) is 0 Å².